The van der Waals surface area contributed by atoms with Gasteiger partial charge in [0.2, 0.25) is 0 Å². The Kier molecular flexibility index (Phi) is 5.20. The fourth-order valence-corrected chi connectivity index (χ4v) is 3.93. The number of esters is 1. The molecular formula is C21H17N3O5S. The van der Waals surface area contributed by atoms with Gasteiger partial charge in [-0.25, -0.2) is 9.78 Å². The van der Waals surface area contributed by atoms with Crippen molar-refractivity contribution in [3.63, 3.8) is 0 Å². The van der Waals surface area contributed by atoms with Crippen LogP contribution in [0.2, 0.25) is 0 Å². The summed E-state index contributed by atoms with van der Waals surface area (Å²) in [6, 6.07) is 11.5. The lowest BCUT2D eigenvalue weighted by Crippen LogP contribution is -2.18. The average molecular weight is 423 g/mol. The van der Waals surface area contributed by atoms with Gasteiger partial charge < -0.3 is 14.5 Å². The summed E-state index contributed by atoms with van der Waals surface area (Å²) in [6.07, 6.45) is 1.41. The van der Waals surface area contributed by atoms with Crippen LogP contribution >= 0.6 is 11.3 Å². The first-order valence-electron chi connectivity index (χ1n) is 9.03. The Hall–Kier alpha value is -3.72. The van der Waals surface area contributed by atoms with Crippen LogP contribution in [0.15, 0.2) is 57.9 Å². The second kappa shape index (κ2) is 7.96. The monoisotopic (exact) mass is 423 g/mol. The Labute approximate surface area is 174 Å². The zero-order chi connectivity index (χ0) is 21.3. The zero-order valence-corrected chi connectivity index (χ0v) is 17.0. The standard InChI is InChI=1S/C21H17N3O5S/c1-12-9-17(23-20(26)15-6-4-8-28-15)30-19(12)21(27)29-11-14-10-18(25)24-13(2)5-3-7-16(24)22-14/h3-10H,11H2,1-2H3,(H,23,26). The van der Waals surface area contributed by atoms with Gasteiger partial charge in [-0.2, -0.15) is 0 Å². The van der Waals surface area contributed by atoms with E-state index in [0.29, 0.717) is 26.8 Å². The molecule has 4 aromatic rings. The molecule has 4 aromatic heterocycles. The quantitative estimate of drug-likeness (QED) is 0.492. The molecule has 0 aliphatic rings. The summed E-state index contributed by atoms with van der Waals surface area (Å²) in [6.45, 7) is 3.43. The molecule has 4 rings (SSSR count). The van der Waals surface area contributed by atoms with Crippen molar-refractivity contribution in [1.82, 2.24) is 9.38 Å². The smallest absolute Gasteiger partial charge is 0.349 e. The molecule has 152 valence electrons. The van der Waals surface area contributed by atoms with Crippen LogP contribution in [0.3, 0.4) is 0 Å². The van der Waals surface area contributed by atoms with E-state index in [1.165, 1.54) is 16.7 Å². The van der Waals surface area contributed by atoms with Crippen molar-refractivity contribution in [3.05, 3.63) is 86.7 Å². The number of rotatable bonds is 5. The van der Waals surface area contributed by atoms with Gasteiger partial charge in [0, 0.05) is 11.8 Å². The van der Waals surface area contributed by atoms with Gasteiger partial charge in [-0.05, 0) is 49.7 Å². The molecule has 30 heavy (non-hydrogen) atoms. The first-order chi connectivity index (χ1) is 14.4. The molecule has 9 heteroatoms. The van der Waals surface area contributed by atoms with Crippen LogP contribution in [0, 0.1) is 13.8 Å². The number of anilines is 1. The maximum Gasteiger partial charge on any atom is 0.349 e. The van der Waals surface area contributed by atoms with Gasteiger partial charge in [0.15, 0.2) is 5.76 Å². The normalized spacial score (nSPS) is 10.9. The second-order valence-corrected chi connectivity index (χ2v) is 7.63. The lowest BCUT2D eigenvalue weighted by Gasteiger charge is -2.07. The Morgan fingerprint density at radius 2 is 2.03 bits per heavy atom. The third-order valence-corrected chi connectivity index (χ3v) is 5.50. The summed E-state index contributed by atoms with van der Waals surface area (Å²) in [5, 5.41) is 3.19. The summed E-state index contributed by atoms with van der Waals surface area (Å²) in [5.41, 5.74) is 2.05. The van der Waals surface area contributed by atoms with Gasteiger partial charge in [0.05, 0.1) is 17.0 Å². The number of amides is 1. The van der Waals surface area contributed by atoms with Crippen LogP contribution in [0.4, 0.5) is 5.00 Å². The number of thiophene rings is 1. The van der Waals surface area contributed by atoms with E-state index in [-0.39, 0.29) is 17.9 Å². The number of carbonyl (C=O) groups is 2. The number of pyridine rings is 1. The minimum Gasteiger partial charge on any atom is -0.459 e. The van der Waals surface area contributed by atoms with E-state index in [0.717, 1.165) is 17.0 Å². The number of nitrogens with zero attached hydrogens (tertiary/aromatic N) is 2. The highest BCUT2D eigenvalue weighted by Crippen LogP contribution is 2.28. The number of aryl methyl sites for hydroxylation is 2. The van der Waals surface area contributed by atoms with Crippen molar-refractivity contribution in [2.75, 3.05) is 5.32 Å². The topological polar surface area (TPSA) is 103 Å². The molecule has 0 bridgehead atoms. The summed E-state index contributed by atoms with van der Waals surface area (Å²) in [4.78, 5) is 41.7. The van der Waals surface area contributed by atoms with E-state index in [2.05, 4.69) is 10.3 Å². The van der Waals surface area contributed by atoms with Crippen molar-refractivity contribution < 1.29 is 18.7 Å². The van der Waals surface area contributed by atoms with Crippen molar-refractivity contribution in [3.8, 4) is 0 Å². The van der Waals surface area contributed by atoms with Crippen LogP contribution < -0.4 is 10.9 Å². The van der Waals surface area contributed by atoms with E-state index in [9.17, 15) is 14.4 Å². The minimum absolute atomic E-state index is 0.135. The number of hydrogen-bond acceptors (Lipinski definition) is 7. The SMILES string of the molecule is Cc1cc(NC(=O)c2ccco2)sc1C(=O)OCc1cc(=O)n2c(C)cccc2n1. The highest BCUT2D eigenvalue weighted by Gasteiger charge is 2.18. The summed E-state index contributed by atoms with van der Waals surface area (Å²) in [5.74, 6) is -0.784. The molecule has 1 N–H and O–H groups in total. The fourth-order valence-electron chi connectivity index (χ4n) is 2.97. The first kappa shape index (κ1) is 19.6. The minimum atomic E-state index is -0.553. The van der Waals surface area contributed by atoms with Gasteiger partial charge in [-0.15, -0.1) is 11.3 Å². The predicted octanol–water partition coefficient (Wildman–Crippen LogP) is 3.58. The van der Waals surface area contributed by atoms with Gasteiger partial charge in [0.1, 0.15) is 17.1 Å². The molecule has 1 amide bonds. The van der Waals surface area contributed by atoms with Crippen molar-refractivity contribution in [2.24, 2.45) is 0 Å². The lowest BCUT2D eigenvalue weighted by atomic mass is 10.3. The van der Waals surface area contributed by atoms with Crippen LogP contribution in [0.1, 0.15) is 37.2 Å². The van der Waals surface area contributed by atoms with Crippen LogP contribution in [0.25, 0.3) is 5.65 Å². The number of fused-ring (bicyclic) bond motifs is 1. The number of ether oxygens (including phenoxy) is 1. The predicted molar refractivity (Wildman–Crippen MR) is 111 cm³/mol. The molecule has 0 radical (unpaired) electrons. The third-order valence-electron chi connectivity index (χ3n) is 4.37. The van der Waals surface area contributed by atoms with Crippen LogP contribution in [-0.4, -0.2) is 21.3 Å². The second-order valence-electron chi connectivity index (χ2n) is 6.58. The molecule has 0 aromatic carbocycles. The summed E-state index contributed by atoms with van der Waals surface area (Å²) < 4.78 is 11.9. The largest absolute Gasteiger partial charge is 0.459 e. The summed E-state index contributed by atoms with van der Waals surface area (Å²) >= 11 is 1.10. The van der Waals surface area contributed by atoms with E-state index in [1.807, 2.05) is 13.0 Å². The molecule has 0 aliphatic carbocycles. The third kappa shape index (κ3) is 3.87. The highest BCUT2D eigenvalue weighted by molar-refractivity contribution is 7.18. The molecular weight excluding hydrogens is 406 g/mol. The van der Waals surface area contributed by atoms with Crippen molar-refractivity contribution >= 4 is 33.9 Å². The molecule has 0 atom stereocenters. The zero-order valence-electron chi connectivity index (χ0n) is 16.2. The maximum atomic E-state index is 12.5. The highest BCUT2D eigenvalue weighted by atomic mass is 32.1. The molecule has 0 saturated heterocycles. The van der Waals surface area contributed by atoms with Gasteiger partial charge in [0.25, 0.3) is 11.5 Å². The fraction of sp³-hybridized carbons (Fsp3) is 0.143. The van der Waals surface area contributed by atoms with E-state index in [4.69, 9.17) is 9.15 Å². The number of furan rings is 1. The number of aromatic nitrogens is 2. The van der Waals surface area contributed by atoms with E-state index >= 15 is 0 Å². The Bertz CT molecular complexity index is 1300. The molecule has 0 spiro atoms. The summed E-state index contributed by atoms with van der Waals surface area (Å²) in [7, 11) is 0. The maximum absolute atomic E-state index is 12.5. The molecule has 8 nitrogen and oxygen atoms in total. The molecule has 0 fully saturated rings. The number of nitrogens with one attached hydrogen (secondary N) is 1. The van der Waals surface area contributed by atoms with E-state index < -0.39 is 11.9 Å². The molecule has 0 aliphatic heterocycles. The average Bonchev–Trinajstić information content (AvgIpc) is 3.36. The Morgan fingerprint density at radius 3 is 2.80 bits per heavy atom. The van der Waals surface area contributed by atoms with Crippen LogP contribution in [0.5, 0.6) is 0 Å². The van der Waals surface area contributed by atoms with Gasteiger partial charge in [-0.1, -0.05) is 6.07 Å². The number of hydrogen-bond donors (Lipinski definition) is 1. The molecule has 4 heterocycles. The van der Waals surface area contributed by atoms with Crippen molar-refractivity contribution in [1.29, 1.82) is 0 Å². The Balaban J connectivity index is 1.47. The van der Waals surface area contributed by atoms with E-state index in [1.54, 1.807) is 37.3 Å². The first-order valence-corrected chi connectivity index (χ1v) is 9.85. The molecule has 0 saturated carbocycles. The lowest BCUT2D eigenvalue weighted by molar-refractivity contribution is 0.0472. The van der Waals surface area contributed by atoms with Gasteiger partial charge >= 0.3 is 5.97 Å². The van der Waals surface area contributed by atoms with Gasteiger partial charge in [-0.3, -0.25) is 14.0 Å². The molecule has 0 unspecified atom stereocenters. The number of carbonyl (C=O) groups excluding carboxylic acids is 2. The Morgan fingerprint density at radius 1 is 1.20 bits per heavy atom. The van der Waals surface area contributed by atoms with Crippen LogP contribution in [-0.2, 0) is 11.3 Å². The van der Waals surface area contributed by atoms with Crippen molar-refractivity contribution in [2.45, 2.75) is 20.5 Å².